The quantitative estimate of drug-likeness (QED) is 0.710. The van der Waals surface area contributed by atoms with E-state index in [-0.39, 0.29) is 5.91 Å². The molecule has 0 heterocycles. The van der Waals surface area contributed by atoms with Gasteiger partial charge in [0, 0.05) is 20.3 Å². The molecule has 4 nitrogen and oxygen atoms in total. The Balaban J connectivity index is 2.31. The number of nitrogens with one attached hydrogen (secondary N) is 1. The molecule has 1 fully saturated rings. The molecule has 0 radical (unpaired) electrons. The second-order valence-electron chi connectivity index (χ2n) is 5.17. The number of hydrogen-bond donors (Lipinski definition) is 2. The minimum atomic E-state index is -0.440. The van der Waals surface area contributed by atoms with E-state index in [0.29, 0.717) is 18.4 Å². The molecule has 0 bridgehead atoms. The number of ether oxygens (including phenoxy) is 1. The summed E-state index contributed by atoms with van der Waals surface area (Å²) >= 11 is 0. The predicted molar refractivity (Wildman–Crippen MR) is 68.7 cm³/mol. The van der Waals surface area contributed by atoms with E-state index in [1.165, 1.54) is 25.7 Å². The van der Waals surface area contributed by atoms with Crippen LogP contribution in [0.1, 0.15) is 45.4 Å². The lowest BCUT2D eigenvalue weighted by Gasteiger charge is -2.28. The van der Waals surface area contributed by atoms with Crippen molar-refractivity contribution in [2.45, 2.75) is 51.5 Å². The number of rotatable bonds is 7. The Kier molecular flexibility index (Phi) is 5.92. The van der Waals surface area contributed by atoms with Crippen LogP contribution in [0.15, 0.2) is 0 Å². The van der Waals surface area contributed by atoms with Crippen LogP contribution in [0.2, 0.25) is 0 Å². The van der Waals surface area contributed by atoms with Crippen molar-refractivity contribution in [3.63, 3.8) is 0 Å². The summed E-state index contributed by atoms with van der Waals surface area (Å²) in [5.74, 6) is -0.0400. The van der Waals surface area contributed by atoms with Gasteiger partial charge in [0.15, 0.2) is 0 Å². The molecule has 4 heteroatoms. The van der Waals surface area contributed by atoms with E-state index in [4.69, 9.17) is 10.5 Å². The molecule has 1 rings (SSSR count). The molecule has 100 valence electrons. The normalized spacial score (nSPS) is 20.2. The van der Waals surface area contributed by atoms with E-state index in [0.717, 1.165) is 13.0 Å². The number of hydrogen-bond acceptors (Lipinski definition) is 3. The monoisotopic (exact) mass is 242 g/mol. The lowest BCUT2D eigenvalue weighted by atomic mass is 9.83. The molecular weight excluding hydrogens is 216 g/mol. The van der Waals surface area contributed by atoms with E-state index < -0.39 is 6.04 Å². The van der Waals surface area contributed by atoms with Crippen LogP contribution in [0.25, 0.3) is 0 Å². The van der Waals surface area contributed by atoms with Gasteiger partial charge in [-0.3, -0.25) is 4.79 Å². The van der Waals surface area contributed by atoms with Crippen molar-refractivity contribution < 1.29 is 9.53 Å². The maximum Gasteiger partial charge on any atom is 0.237 e. The van der Waals surface area contributed by atoms with Gasteiger partial charge in [0.05, 0.1) is 6.04 Å². The minimum Gasteiger partial charge on any atom is -0.385 e. The summed E-state index contributed by atoms with van der Waals surface area (Å²) in [6, 6.07) is -0.440. The predicted octanol–water partition coefficient (Wildman–Crippen LogP) is 1.44. The third-order valence-corrected chi connectivity index (χ3v) is 4.02. The highest BCUT2D eigenvalue weighted by atomic mass is 16.5. The molecule has 1 amide bonds. The number of amides is 1. The van der Waals surface area contributed by atoms with E-state index in [1.54, 1.807) is 7.11 Å². The van der Waals surface area contributed by atoms with Gasteiger partial charge in [-0.25, -0.2) is 0 Å². The molecule has 1 aliphatic carbocycles. The Morgan fingerprint density at radius 1 is 1.47 bits per heavy atom. The van der Waals surface area contributed by atoms with Crippen LogP contribution in [0.4, 0.5) is 0 Å². The Labute approximate surface area is 104 Å². The van der Waals surface area contributed by atoms with Crippen LogP contribution in [0.5, 0.6) is 0 Å². The zero-order valence-corrected chi connectivity index (χ0v) is 11.1. The number of nitrogens with two attached hydrogens (primary N) is 1. The van der Waals surface area contributed by atoms with Gasteiger partial charge in [0.1, 0.15) is 0 Å². The highest BCUT2D eigenvalue weighted by Crippen LogP contribution is 2.40. The smallest absolute Gasteiger partial charge is 0.237 e. The van der Waals surface area contributed by atoms with Crippen molar-refractivity contribution in [3.05, 3.63) is 0 Å². The second-order valence-corrected chi connectivity index (χ2v) is 5.17. The molecule has 0 saturated heterocycles. The molecule has 3 N–H and O–H groups in total. The van der Waals surface area contributed by atoms with Gasteiger partial charge in [0.2, 0.25) is 5.91 Å². The fourth-order valence-electron chi connectivity index (χ4n) is 2.56. The first-order chi connectivity index (χ1) is 8.13. The Morgan fingerprint density at radius 2 is 2.12 bits per heavy atom. The van der Waals surface area contributed by atoms with Crippen molar-refractivity contribution in [3.8, 4) is 0 Å². The highest BCUT2D eigenvalue weighted by molar-refractivity contribution is 5.81. The highest BCUT2D eigenvalue weighted by Gasteiger charge is 2.32. The van der Waals surface area contributed by atoms with Gasteiger partial charge in [-0.05, 0) is 31.1 Å². The van der Waals surface area contributed by atoms with Gasteiger partial charge in [-0.15, -0.1) is 0 Å². The van der Waals surface area contributed by atoms with Crippen molar-refractivity contribution >= 4 is 5.91 Å². The molecule has 17 heavy (non-hydrogen) atoms. The third kappa shape index (κ3) is 4.28. The fourth-order valence-corrected chi connectivity index (χ4v) is 2.56. The number of methoxy groups -OCH3 is 1. The summed E-state index contributed by atoms with van der Waals surface area (Å²) < 4.78 is 4.92. The maximum atomic E-state index is 11.8. The van der Waals surface area contributed by atoms with Gasteiger partial charge < -0.3 is 15.8 Å². The first kappa shape index (κ1) is 14.5. The summed E-state index contributed by atoms with van der Waals surface area (Å²) in [4.78, 5) is 11.8. The first-order valence-corrected chi connectivity index (χ1v) is 6.66. The zero-order chi connectivity index (χ0) is 12.7. The summed E-state index contributed by atoms with van der Waals surface area (Å²) in [6.45, 7) is 3.53. The Hall–Kier alpha value is -0.610. The van der Waals surface area contributed by atoms with Gasteiger partial charge in [-0.1, -0.05) is 19.8 Å². The Bertz CT molecular complexity index is 238. The van der Waals surface area contributed by atoms with Crippen LogP contribution in [0, 0.1) is 5.41 Å². The molecule has 0 aromatic carbocycles. The Morgan fingerprint density at radius 3 is 2.65 bits per heavy atom. The molecular formula is C13H26N2O2. The molecule has 0 aromatic heterocycles. The van der Waals surface area contributed by atoms with Crippen molar-refractivity contribution in [1.82, 2.24) is 5.32 Å². The van der Waals surface area contributed by atoms with Crippen LogP contribution < -0.4 is 11.1 Å². The van der Waals surface area contributed by atoms with Crippen LogP contribution in [-0.4, -0.2) is 32.2 Å². The molecule has 1 unspecified atom stereocenters. The maximum absolute atomic E-state index is 11.8. The van der Waals surface area contributed by atoms with E-state index in [2.05, 4.69) is 12.2 Å². The third-order valence-electron chi connectivity index (χ3n) is 4.02. The van der Waals surface area contributed by atoms with Crippen molar-refractivity contribution in [2.24, 2.45) is 11.1 Å². The lowest BCUT2D eigenvalue weighted by Crippen LogP contribution is -2.45. The zero-order valence-electron chi connectivity index (χ0n) is 11.1. The van der Waals surface area contributed by atoms with Crippen LogP contribution in [-0.2, 0) is 9.53 Å². The number of carbonyl (C=O) groups is 1. The molecule has 0 aromatic rings. The van der Waals surface area contributed by atoms with Crippen molar-refractivity contribution in [1.29, 1.82) is 0 Å². The standard InChI is InChI=1S/C13H26N2O2/c1-3-13(7-4-5-8-13)10-15-12(16)11(14)6-9-17-2/h11H,3-10,14H2,1-2H3,(H,15,16). The minimum absolute atomic E-state index is 0.0400. The summed E-state index contributed by atoms with van der Waals surface area (Å²) in [5, 5.41) is 3.01. The SMILES string of the molecule is CCC1(CNC(=O)C(N)CCOC)CCCC1. The lowest BCUT2D eigenvalue weighted by molar-refractivity contribution is -0.123. The molecule has 1 aliphatic rings. The largest absolute Gasteiger partial charge is 0.385 e. The van der Waals surface area contributed by atoms with Gasteiger partial charge in [-0.2, -0.15) is 0 Å². The summed E-state index contributed by atoms with van der Waals surface area (Å²) in [7, 11) is 1.62. The van der Waals surface area contributed by atoms with E-state index in [9.17, 15) is 4.79 Å². The average Bonchev–Trinajstić information content (AvgIpc) is 2.82. The van der Waals surface area contributed by atoms with E-state index in [1.807, 2.05) is 0 Å². The summed E-state index contributed by atoms with van der Waals surface area (Å²) in [5.41, 5.74) is 6.11. The average molecular weight is 242 g/mol. The van der Waals surface area contributed by atoms with Crippen molar-refractivity contribution in [2.75, 3.05) is 20.3 Å². The molecule has 0 spiro atoms. The first-order valence-electron chi connectivity index (χ1n) is 6.66. The van der Waals surface area contributed by atoms with Crippen LogP contribution >= 0.6 is 0 Å². The second kappa shape index (κ2) is 6.97. The molecule has 1 atom stereocenters. The van der Waals surface area contributed by atoms with Gasteiger partial charge >= 0.3 is 0 Å². The summed E-state index contributed by atoms with van der Waals surface area (Å²) in [6.07, 6.45) is 6.77. The fraction of sp³-hybridized carbons (Fsp3) is 0.923. The molecule has 1 saturated carbocycles. The topological polar surface area (TPSA) is 64.4 Å². The molecule has 0 aliphatic heterocycles. The van der Waals surface area contributed by atoms with E-state index >= 15 is 0 Å². The number of carbonyl (C=O) groups excluding carboxylic acids is 1. The van der Waals surface area contributed by atoms with Crippen LogP contribution in [0.3, 0.4) is 0 Å². The van der Waals surface area contributed by atoms with Gasteiger partial charge in [0.25, 0.3) is 0 Å².